The van der Waals surface area contributed by atoms with Crippen molar-refractivity contribution in [2.45, 2.75) is 54.7 Å². The first-order chi connectivity index (χ1) is 9.61. The number of nitrogens with zero attached hydrogens (tertiary/aromatic N) is 1. The van der Waals surface area contributed by atoms with Crippen LogP contribution in [0.25, 0.3) is 0 Å². The quantitative estimate of drug-likeness (QED) is 0.277. The van der Waals surface area contributed by atoms with Gasteiger partial charge in [-0.15, -0.1) is 12.6 Å². The molecule has 1 saturated heterocycles. The number of unbranched alkanes of at least 4 members (excludes halogenated alkanes) is 2. The van der Waals surface area contributed by atoms with Gasteiger partial charge in [-0.05, 0) is 0 Å². The molecule has 1 aliphatic rings. The van der Waals surface area contributed by atoms with Gasteiger partial charge in [0.1, 0.15) is 4.32 Å². The molecule has 0 unspecified atom stereocenters. The summed E-state index contributed by atoms with van der Waals surface area (Å²) in [4.78, 5) is 1.81. The molecule has 118 valence electrons. The number of ether oxygens (including phenoxy) is 2. The summed E-state index contributed by atoms with van der Waals surface area (Å²) in [5, 5.41) is 0. The monoisotopic (exact) mass is 427 g/mol. The van der Waals surface area contributed by atoms with Gasteiger partial charge in [-0.1, -0.05) is 12.2 Å². The van der Waals surface area contributed by atoms with E-state index >= 15 is 0 Å². The summed E-state index contributed by atoms with van der Waals surface area (Å²) in [6, 6.07) is 0. The molecule has 2 radical (unpaired) electrons. The molecule has 3 nitrogen and oxygen atoms in total. The zero-order chi connectivity index (χ0) is 15.2. The summed E-state index contributed by atoms with van der Waals surface area (Å²) >= 11 is 8.99. The van der Waals surface area contributed by atoms with E-state index in [9.17, 15) is 0 Å². The van der Waals surface area contributed by atoms with E-state index in [2.05, 4.69) is 26.5 Å². The van der Waals surface area contributed by atoms with Crippen LogP contribution in [0.5, 0.6) is 0 Å². The summed E-state index contributed by atoms with van der Waals surface area (Å²) in [7, 11) is 1.86. The van der Waals surface area contributed by atoms with E-state index in [0.717, 1.165) is 0 Å². The van der Waals surface area contributed by atoms with E-state index in [-0.39, 0.29) is 27.4 Å². The first-order valence-electron chi connectivity index (χ1n) is 7.49. The zero-order valence-corrected chi connectivity index (χ0v) is 17.6. The van der Waals surface area contributed by atoms with Crippen LogP contribution >= 0.6 is 24.8 Å². The van der Waals surface area contributed by atoms with Gasteiger partial charge < -0.3 is 14.4 Å². The molecule has 0 atom stereocenters. The Morgan fingerprint density at radius 2 is 1.70 bits per heavy atom. The average molecular weight is 426 g/mol. The third kappa shape index (κ3) is 12.7. The van der Waals surface area contributed by atoms with Gasteiger partial charge in [-0.3, -0.25) is 0 Å². The van der Waals surface area contributed by atoms with E-state index in [4.69, 9.17) is 21.7 Å². The Kier molecular flexibility index (Phi) is 15.6. The maximum Gasteiger partial charge on any atom is 0.175 e. The van der Waals surface area contributed by atoms with Gasteiger partial charge in [0.25, 0.3) is 0 Å². The molecule has 6 heteroatoms. The molecule has 1 rings (SSSR count). The molecule has 0 bridgehead atoms. The molecule has 1 aliphatic heterocycles. The van der Waals surface area contributed by atoms with Crippen LogP contribution in [-0.2, 0) is 9.47 Å². The second kappa shape index (κ2) is 14.9. The van der Waals surface area contributed by atoms with Gasteiger partial charge in [0, 0.05) is 7.05 Å². The standard InChI is InChI=1S/C6H11NO2S2.2C4H9.Sn/c1-7(6(10)11)4-5-8-2-3-9-5;2*1-3-4-2;/h5H,2-4H2,1H3,(H,10,11);2*1,3-4H2,2H3;. The van der Waals surface area contributed by atoms with Gasteiger partial charge in [0.15, 0.2) is 6.29 Å². The summed E-state index contributed by atoms with van der Waals surface area (Å²) < 4.78 is 14.2. The predicted octanol–water partition coefficient (Wildman–Crippen LogP) is 3.63. The number of thiol groups is 1. The maximum atomic E-state index is 5.22. The second-order valence-corrected chi connectivity index (χ2v) is 10.2. The minimum Gasteiger partial charge on any atom is -0.356 e. The molecule has 0 aromatic rings. The SMILES string of the molecule is CCC[CH2][Sn][CH2]CCC.CN(CC1OCCO1)C(=S)S. The molecule has 0 saturated carbocycles. The Labute approximate surface area is 145 Å². The van der Waals surface area contributed by atoms with Crippen molar-refractivity contribution in [1.82, 2.24) is 4.90 Å². The zero-order valence-electron chi connectivity index (χ0n) is 13.1. The van der Waals surface area contributed by atoms with E-state index in [1.807, 2.05) is 11.9 Å². The van der Waals surface area contributed by atoms with Gasteiger partial charge >= 0.3 is 69.5 Å². The van der Waals surface area contributed by atoms with Crippen LogP contribution in [0, 0.1) is 0 Å². The third-order valence-electron chi connectivity index (χ3n) is 2.85. The molecule has 0 N–H and O–H groups in total. The maximum absolute atomic E-state index is 5.22. The van der Waals surface area contributed by atoms with Gasteiger partial charge in [-0.25, -0.2) is 0 Å². The van der Waals surface area contributed by atoms with Crippen LogP contribution < -0.4 is 0 Å². The third-order valence-corrected chi connectivity index (χ3v) is 7.54. The van der Waals surface area contributed by atoms with Crippen LogP contribution in [0.3, 0.4) is 0 Å². The summed E-state index contributed by atoms with van der Waals surface area (Å²) in [6.07, 6.45) is 5.70. The molecule has 0 aliphatic carbocycles. The molecule has 0 amide bonds. The first-order valence-corrected chi connectivity index (χ1v) is 12.4. The molecule has 1 fully saturated rings. The number of hydrogen-bond donors (Lipinski definition) is 1. The number of rotatable bonds is 8. The summed E-state index contributed by atoms with van der Waals surface area (Å²) in [6.45, 7) is 6.59. The van der Waals surface area contributed by atoms with Crippen molar-refractivity contribution < 1.29 is 9.47 Å². The van der Waals surface area contributed by atoms with E-state index in [1.165, 1.54) is 25.7 Å². The van der Waals surface area contributed by atoms with Crippen molar-refractivity contribution in [3.8, 4) is 0 Å². The van der Waals surface area contributed by atoms with Gasteiger partial charge in [-0.2, -0.15) is 0 Å². The fourth-order valence-electron chi connectivity index (χ4n) is 1.54. The number of hydrogen-bond acceptors (Lipinski definition) is 3. The van der Waals surface area contributed by atoms with Crippen molar-refractivity contribution >= 4 is 50.3 Å². The van der Waals surface area contributed by atoms with Crippen LogP contribution in [0.1, 0.15) is 39.5 Å². The summed E-state index contributed by atoms with van der Waals surface area (Å²) in [5.74, 6) is 0. The number of thiocarbonyl (C=S) groups is 1. The minimum atomic E-state index is -0.134. The summed E-state index contributed by atoms with van der Waals surface area (Å²) in [5.41, 5.74) is 0. The van der Waals surface area contributed by atoms with Crippen LogP contribution in [0.2, 0.25) is 8.87 Å². The smallest absolute Gasteiger partial charge is 0.175 e. The Hall–Kier alpha value is 0.959. The molecular formula is C14H29NO2S2Sn. The number of likely N-dealkylation sites (N-methyl/N-ethyl adjacent to an activating group) is 1. The van der Waals surface area contributed by atoms with Gasteiger partial charge in [0.2, 0.25) is 0 Å². The van der Waals surface area contributed by atoms with Crippen LogP contribution in [0.15, 0.2) is 0 Å². The average Bonchev–Trinajstić information content (AvgIpc) is 2.92. The van der Waals surface area contributed by atoms with E-state index in [1.54, 1.807) is 8.87 Å². The molecular weight excluding hydrogens is 397 g/mol. The Bertz CT molecular complexity index is 233. The Balaban J connectivity index is 0.000000370. The van der Waals surface area contributed by atoms with Crippen molar-refractivity contribution in [3.05, 3.63) is 0 Å². The molecule has 0 aromatic heterocycles. The Morgan fingerprint density at radius 1 is 1.20 bits per heavy atom. The predicted molar refractivity (Wildman–Crippen MR) is 95.1 cm³/mol. The van der Waals surface area contributed by atoms with Crippen molar-refractivity contribution in [1.29, 1.82) is 0 Å². The van der Waals surface area contributed by atoms with Gasteiger partial charge in [0.05, 0.1) is 19.8 Å². The molecule has 1 heterocycles. The minimum absolute atomic E-state index is 0.134. The van der Waals surface area contributed by atoms with Crippen molar-refractivity contribution in [3.63, 3.8) is 0 Å². The van der Waals surface area contributed by atoms with E-state index in [0.29, 0.717) is 24.1 Å². The fraction of sp³-hybridized carbons (Fsp3) is 0.929. The fourth-order valence-corrected chi connectivity index (χ4v) is 5.86. The van der Waals surface area contributed by atoms with E-state index < -0.39 is 0 Å². The first kappa shape index (κ1) is 21.0. The van der Waals surface area contributed by atoms with Crippen molar-refractivity contribution in [2.75, 3.05) is 26.8 Å². The topological polar surface area (TPSA) is 21.7 Å². The normalized spacial score (nSPS) is 14.8. The molecule has 20 heavy (non-hydrogen) atoms. The van der Waals surface area contributed by atoms with Crippen LogP contribution in [0.4, 0.5) is 0 Å². The molecule has 0 spiro atoms. The largest absolute Gasteiger partial charge is 0.356 e. The van der Waals surface area contributed by atoms with Crippen molar-refractivity contribution in [2.24, 2.45) is 0 Å². The Morgan fingerprint density at radius 3 is 2.10 bits per heavy atom. The van der Waals surface area contributed by atoms with Crippen LogP contribution in [-0.4, -0.2) is 63.5 Å². The molecule has 0 aromatic carbocycles. The second-order valence-electron chi connectivity index (χ2n) is 4.79.